The summed E-state index contributed by atoms with van der Waals surface area (Å²) >= 11 is 1.42. The SMILES string of the molecule is C=CCn1c(=NC(=O)c2cccc([N+](=O)[O-])c2)sc2cc(C)cc(C)c21. The first-order valence-corrected chi connectivity index (χ1v) is 8.77. The van der Waals surface area contributed by atoms with Gasteiger partial charge in [-0.25, -0.2) is 0 Å². The molecule has 0 saturated heterocycles. The van der Waals surface area contributed by atoms with Crippen LogP contribution in [0.2, 0.25) is 0 Å². The summed E-state index contributed by atoms with van der Waals surface area (Å²) in [6.07, 6.45) is 1.75. The predicted molar refractivity (Wildman–Crippen MR) is 102 cm³/mol. The zero-order valence-corrected chi connectivity index (χ0v) is 15.2. The summed E-state index contributed by atoms with van der Waals surface area (Å²) in [5.74, 6) is -0.507. The number of non-ortho nitro benzene ring substituents is 1. The lowest BCUT2D eigenvalue weighted by molar-refractivity contribution is -0.384. The van der Waals surface area contributed by atoms with Crippen LogP contribution in [0.25, 0.3) is 10.2 Å². The number of thiazole rings is 1. The molecule has 1 amide bonds. The second-order valence-electron chi connectivity index (χ2n) is 5.94. The van der Waals surface area contributed by atoms with Crippen molar-refractivity contribution in [2.75, 3.05) is 0 Å². The Morgan fingerprint density at radius 2 is 2.12 bits per heavy atom. The van der Waals surface area contributed by atoms with E-state index in [2.05, 4.69) is 23.7 Å². The van der Waals surface area contributed by atoms with Crippen LogP contribution >= 0.6 is 11.3 Å². The molecule has 2 aromatic carbocycles. The van der Waals surface area contributed by atoms with Gasteiger partial charge in [-0.15, -0.1) is 6.58 Å². The molecule has 3 rings (SSSR count). The molecule has 3 aromatic rings. The molecule has 0 aliphatic heterocycles. The molecule has 0 radical (unpaired) electrons. The summed E-state index contributed by atoms with van der Waals surface area (Å²) in [6, 6.07) is 9.74. The number of nitrogens with zero attached hydrogens (tertiary/aromatic N) is 3. The molecule has 1 heterocycles. The van der Waals surface area contributed by atoms with Crippen molar-refractivity contribution in [2.24, 2.45) is 4.99 Å². The van der Waals surface area contributed by atoms with E-state index >= 15 is 0 Å². The van der Waals surface area contributed by atoms with Crippen LogP contribution in [0.1, 0.15) is 21.5 Å². The molecular formula is C19H17N3O3S. The Bertz CT molecular complexity index is 1110. The molecule has 132 valence electrons. The Kier molecular flexibility index (Phi) is 4.81. The maximum Gasteiger partial charge on any atom is 0.279 e. The normalized spacial score (nSPS) is 11.7. The van der Waals surface area contributed by atoms with E-state index in [0.717, 1.165) is 21.3 Å². The first kappa shape index (κ1) is 17.8. The maximum atomic E-state index is 12.6. The summed E-state index contributed by atoms with van der Waals surface area (Å²) in [5.41, 5.74) is 3.31. The summed E-state index contributed by atoms with van der Waals surface area (Å²) < 4.78 is 2.98. The summed E-state index contributed by atoms with van der Waals surface area (Å²) in [7, 11) is 0. The van der Waals surface area contributed by atoms with Crippen LogP contribution in [-0.2, 0) is 6.54 Å². The van der Waals surface area contributed by atoms with Crippen molar-refractivity contribution in [3.05, 3.63) is 80.7 Å². The molecule has 0 atom stereocenters. The van der Waals surface area contributed by atoms with E-state index in [1.54, 1.807) is 6.08 Å². The van der Waals surface area contributed by atoms with Gasteiger partial charge in [-0.2, -0.15) is 4.99 Å². The molecule has 7 heteroatoms. The first-order valence-electron chi connectivity index (χ1n) is 7.95. The van der Waals surface area contributed by atoms with Crippen LogP contribution < -0.4 is 4.80 Å². The fourth-order valence-electron chi connectivity index (χ4n) is 2.88. The van der Waals surface area contributed by atoms with Crippen molar-refractivity contribution in [1.29, 1.82) is 0 Å². The average molecular weight is 367 g/mol. The minimum atomic E-state index is -0.528. The first-order chi connectivity index (χ1) is 12.4. The molecule has 0 spiro atoms. The number of benzene rings is 2. The number of nitro groups is 1. The number of fused-ring (bicyclic) bond motifs is 1. The minimum absolute atomic E-state index is 0.132. The number of rotatable bonds is 4. The number of hydrogen-bond donors (Lipinski definition) is 0. The lowest BCUT2D eigenvalue weighted by Gasteiger charge is -2.05. The van der Waals surface area contributed by atoms with Crippen LogP contribution in [0.4, 0.5) is 5.69 Å². The van der Waals surface area contributed by atoms with Crippen molar-refractivity contribution in [1.82, 2.24) is 4.57 Å². The molecule has 26 heavy (non-hydrogen) atoms. The van der Waals surface area contributed by atoms with Crippen molar-refractivity contribution < 1.29 is 9.72 Å². The zero-order chi connectivity index (χ0) is 18.8. The van der Waals surface area contributed by atoms with E-state index in [1.807, 2.05) is 18.4 Å². The van der Waals surface area contributed by atoms with Gasteiger partial charge in [0.25, 0.3) is 11.6 Å². The summed E-state index contributed by atoms with van der Waals surface area (Å²) in [6.45, 7) is 8.34. The van der Waals surface area contributed by atoms with Gasteiger partial charge >= 0.3 is 0 Å². The topological polar surface area (TPSA) is 77.5 Å². The average Bonchev–Trinajstić information content (AvgIpc) is 2.92. The number of allylic oxidation sites excluding steroid dienone is 1. The highest BCUT2D eigenvalue weighted by molar-refractivity contribution is 7.16. The van der Waals surface area contributed by atoms with Crippen molar-refractivity contribution in [3.63, 3.8) is 0 Å². The number of nitro benzene ring substituents is 1. The Morgan fingerprint density at radius 3 is 2.81 bits per heavy atom. The monoisotopic (exact) mass is 367 g/mol. The Balaban J connectivity index is 2.17. The molecule has 0 aliphatic carbocycles. The van der Waals surface area contributed by atoms with Gasteiger partial charge in [0.2, 0.25) is 0 Å². The highest BCUT2D eigenvalue weighted by Crippen LogP contribution is 2.23. The number of aromatic nitrogens is 1. The van der Waals surface area contributed by atoms with Gasteiger partial charge < -0.3 is 4.57 Å². The Hall–Kier alpha value is -3.06. The van der Waals surface area contributed by atoms with Crippen molar-refractivity contribution in [2.45, 2.75) is 20.4 Å². The van der Waals surface area contributed by atoms with E-state index in [0.29, 0.717) is 11.3 Å². The molecule has 0 saturated carbocycles. The molecule has 0 aliphatic rings. The highest BCUT2D eigenvalue weighted by atomic mass is 32.1. The standard InChI is InChI=1S/C19H17N3O3S/c1-4-8-21-17-13(3)9-12(2)10-16(17)26-19(21)20-18(23)14-6-5-7-15(11-14)22(24)25/h4-7,9-11H,1,8H2,2-3H3. The Labute approximate surface area is 153 Å². The number of carbonyl (C=O) groups excluding carboxylic acids is 1. The molecule has 0 bridgehead atoms. The largest absolute Gasteiger partial charge is 0.312 e. The fraction of sp³-hybridized carbons (Fsp3) is 0.158. The summed E-state index contributed by atoms with van der Waals surface area (Å²) in [5, 5.41) is 10.9. The molecule has 0 unspecified atom stereocenters. The number of aryl methyl sites for hydroxylation is 2. The number of carbonyl (C=O) groups is 1. The van der Waals surface area contributed by atoms with Crippen LogP contribution in [-0.4, -0.2) is 15.4 Å². The van der Waals surface area contributed by atoms with Gasteiger partial charge in [0, 0.05) is 24.2 Å². The predicted octanol–water partition coefficient (Wildman–Crippen LogP) is 4.15. The fourth-order valence-corrected chi connectivity index (χ4v) is 4.09. The lowest BCUT2D eigenvalue weighted by atomic mass is 10.1. The lowest BCUT2D eigenvalue weighted by Crippen LogP contribution is -2.16. The van der Waals surface area contributed by atoms with E-state index in [1.165, 1.54) is 35.6 Å². The van der Waals surface area contributed by atoms with Crippen molar-refractivity contribution in [3.8, 4) is 0 Å². The summed E-state index contributed by atoms with van der Waals surface area (Å²) in [4.78, 5) is 27.7. The molecule has 0 fully saturated rings. The number of hydrogen-bond acceptors (Lipinski definition) is 4. The highest BCUT2D eigenvalue weighted by Gasteiger charge is 2.13. The third kappa shape index (κ3) is 3.34. The van der Waals surface area contributed by atoms with E-state index < -0.39 is 10.8 Å². The molecular weight excluding hydrogens is 350 g/mol. The molecule has 1 aromatic heterocycles. The van der Waals surface area contributed by atoms with E-state index in [-0.39, 0.29) is 11.3 Å². The smallest absolute Gasteiger partial charge is 0.279 e. The molecule has 6 nitrogen and oxygen atoms in total. The van der Waals surface area contributed by atoms with E-state index in [9.17, 15) is 14.9 Å². The maximum absolute atomic E-state index is 12.6. The third-order valence-electron chi connectivity index (χ3n) is 3.92. The van der Waals surface area contributed by atoms with Gasteiger partial charge in [0.1, 0.15) is 0 Å². The van der Waals surface area contributed by atoms with Gasteiger partial charge in [0.15, 0.2) is 4.80 Å². The van der Waals surface area contributed by atoms with Crippen LogP contribution in [0.15, 0.2) is 54.0 Å². The minimum Gasteiger partial charge on any atom is -0.312 e. The van der Waals surface area contributed by atoms with Crippen LogP contribution in [0, 0.1) is 24.0 Å². The van der Waals surface area contributed by atoms with Crippen LogP contribution in [0.3, 0.4) is 0 Å². The van der Waals surface area contributed by atoms with E-state index in [4.69, 9.17) is 0 Å². The number of amides is 1. The van der Waals surface area contributed by atoms with Gasteiger partial charge in [0.05, 0.1) is 15.1 Å². The zero-order valence-electron chi connectivity index (χ0n) is 14.4. The second kappa shape index (κ2) is 7.05. The quantitative estimate of drug-likeness (QED) is 0.395. The van der Waals surface area contributed by atoms with Crippen LogP contribution in [0.5, 0.6) is 0 Å². The second-order valence-corrected chi connectivity index (χ2v) is 6.95. The van der Waals surface area contributed by atoms with Gasteiger partial charge in [-0.1, -0.05) is 29.5 Å². The van der Waals surface area contributed by atoms with Crippen molar-refractivity contribution >= 4 is 33.1 Å². The van der Waals surface area contributed by atoms with Gasteiger partial charge in [-0.05, 0) is 37.1 Å². The molecule has 0 N–H and O–H groups in total. The van der Waals surface area contributed by atoms with Gasteiger partial charge in [-0.3, -0.25) is 14.9 Å². The Morgan fingerprint density at radius 1 is 1.35 bits per heavy atom. The third-order valence-corrected chi connectivity index (χ3v) is 4.95.